The van der Waals surface area contributed by atoms with Crippen molar-refractivity contribution in [2.24, 2.45) is 0 Å². The lowest BCUT2D eigenvalue weighted by atomic mass is 9.88. The standard InChI is InChI=1S/C9H18O4/c1-5-6(10)7(11)8(12-4)9(2,3)13-5/h5-8,10-11H,1-4H3/t5?,6-,7-,8?/m1/s1. The van der Waals surface area contributed by atoms with Gasteiger partial charge in [-0.25, -0.2) is 0 Å². The van der Waals surface area contributed by atoms with E-state index in [2.05, 4.69) is 0 Å². The van der Waals surface area contributed by atoms with Crippen molar-refractivity contribution in [3.63, 3.8) is 0 Å². The molecule has 1 rings (SSSR count). The van der Waals surface area contributed by atoms with E-state index in [0.717, 1.165) is 0 Å². The zero-order chi connectivity index (χ0) is 10.2. The zero-order valence-corrected chi connectivity index (χ0v) is 8.52. The Morgan fingerprint density at radius 2 is 1.77 bits per heavy atom. The Bertz CT molecular complexity index is 180. The van der Waals surface area contributed by atoms with Gasteiger partial charge in [-0.1, -0.05) is 0 Å². The molecule has 78 valence electrons. The molecule has 0 amide bonds. The van der Waals surface area contributed by atoms with Crippen molar-refractivity contribution in [3.8, 4) is 0 Å². The molecule has 0 aromatic heterocycles. The summed E-state index contributed by atoms with van der Waals surface area (Å²) in [5, 5.41) is 19.2. The molecule has 0 saturated carbocycles. The topological polar surface area (TPSA) is 58.9 Å². The van der Waals surface area contributed by atoms with Crippen molar-refractivity contribution in [1.29, 1.82) is 0 Å². The SMILES string of the molecule is COC1[C@H](O)[C@H](O)C(C)OC1(C)C. The third kappa shape index (κ3) is 1.86. The van der Waals surface area contributed by atoms with Crippen molar-refractivity contribution in [2.45, 2.75) is 50.8 Å². The minimum atomic E-state index is -0.885. The molecule has 1 fully saturated rings. The van der Waals surface area contributed by atoms with E-state index in [1.165, 1.54) is 7.11 Å². The van der Waals surface area contributed by atoms with Crippen LogP contribution in [0.4, 0.5) is 0 Å². The molecule has 1 aliphatic heterocycles. The third-order valence-electron chi connectivity index (χ3n) is 2.57. The fraction of sp³-hybridized carbons (Fsp3) is 1.00. The highest BCUT2D eigenvalue weighted by Gasteiger charge is 2.47. The van der Waals surface area contributed by atoms with Crippen LogP contribution in [-0.4, -0.2) is 47.3 Å². The maximum absolute atomic E-state index is 9.69. The molecule has 0 spiro atoms. The van der Waals surface area contributed by atoms with Crippen LogP contribution >= 0.6 is 0 Å². The lowest BCUT2D eigenvalue weighted by molar-refractivity contribution is -0.258. The molecule has 4 atom stereocenters. The van der Waals surface area contributed by atoms with Crippen LogP contribution < -0.4 is 0 Å². The van der Waals surface area contributed by atoms with Gasteiger partial charge in [0.1, 0.15) is 18.3 Å². The molecular weight excluding hydrogens is 172 g/mol. The van der Waals surface area contributed by atoms with Gasteiger partial charge in [-0.3, -0.25) is 0 Å². The molecule has 2 N–H and O–H groups in total. The minimum Gasteiger partial charge on any atom is -0.388 e. The first kappa shape index (κ1) is 10.9. The molecule has 0 aliphatic carbocycles. The van der Waals surface area contributed by atoms with Crippen molar-refractivity contribution < 1.29 is 19.7 Å². The molecule has 4 nitrogen and oxygen atoms in total. The number of aliphatic hydroxyl groups is 2. The first-order chi connectivity index (χ1) is 5.90. The van der Waals surface area contributed by atoms with Crippen LogP contribution in [0.5, 0.6) is 0 Å². The minimum absolute atomic E-state index is 0.364. The van der Waals surface area contributed by atoms with Crippen LogP contribution in [0.2, 0.25) is 0 Å². The van der Waals surface area contributed by atoms with Crippen LogP contribution in [-0.2, 0) is 9.47 Å². The van der Waals surface area contributed by atoms with Crippen LogP contribution in [0, 0.1) is 0 Å². The van der Waals surface area contributed by atoms with E-state index in [4.69, 9.17) is 9.47 Å². The van der Waals surface area contributed by atoms with Crippen molar-refractivity contribution >= 4 is 0 Å². The summed E-state index contributed by atoms with van der Waals surface area (Å²) >= 11 is 0. The molecule has 1 aliphatic rings. The average Bonchev–Trinajstić information content (AvgIpc) is 2.00. The van der Waals surface area contributed by atoms with E-state index < -0.39 is 23.9 Å². The van der Waals surface area contributed by atoms with Crippen LogP contribution in [0.3, 0.4) is 0 Å². The Hall–Kier alpha value is -0.160. The molecule has 1 saturated heterocycles. The molecule has 13 heavy (non-hydrogen) atoms. The highest BCUT2D eigenvalue weighted by molar-refractivity contribution is 4.96. The van der Waals surface area contributed by atoms with Gasteiger partial charge in [0, 0.05) is 7.11 Å². The first-order valence-electron chi connectivity index (χ1n) is 4.47. The monoisotopic (exact) mass is 190 g/mol. The maximum atomic E-state index is 9.69. The van der Waals surface area contributed by atoms with Crippen molar-refractivity contribution in [1.82, 2.24) is 0 Å². The van der Waals surface area contributed by atoms with Crippen LogP contribution in [0.15, 0.2) is 0 Å². The molecule has 4 heteroatoms. The van der Waals surface area contributed by atoms with Crippen molar-refractivity contribution in [3.05, 3.63) is 0 Å². The van der Waals surface area contributed by atoms with E-state index in [1.54, 1.807) is 6.92 Å². The summed E-state index contributed by atoms with van der Waals surface area (Å²) in [6, 6.07) is 0. The fourth-order valence-electron chi connectivity index (χ4n) is 1.91. The second-order valence-corrected chi connectivity index (χ2v) is 4.06. The van der Waals surface area contributed by atoms with Crippen LogP contribution in [0.25, 0.3) is 0 Å². The van der Waals surface area contributed by atoms with Gasteiger partial charge in [-0.2, -0.15) is 0 Å². The van der Waals surface area contributed by atoms with E-state index >= 15 is 0 Å². The molecule has 0 bridgehead atoms. The summed E-state index contributed by atoms with van der Waals surface area (Å²) in [7, 11) is 1.50. The highest BCUT2D eigenvalue weighted by Crippen LogP contribution is 2.30. The zero-order valence-electron chi connectivity index (χ0n) is 8.52. The Labute approximate surface area is 78.5 Å². The lowest BCUT2D eigenvalue weighted by Gasteiger charge is -2.46. The number of rotatable bonds is 1. The number of methoxy groups -OCH3 is 1. The predicted octanol–water partition coefficient (Wildman–Crippen LogP) is -0.0795. The largest absolute Gasteiger partial charge is 0.388 e. The van der Waals surface area contributed by atoms with Gasteiger partial charge >= 0.3 is 0 Å². The van der Waals surface area contributed by atoms with Gasteiger partial charge in [0.25, 0.3) is 0 Å². The predicted molar refractivity (Wildman–Crippen MR) is 47.4 cm³/mol. The second kappa shape index (κ2) is 3.53. The normalized spacial score (nSPS) is 44.8. The Morgan fingerprint density at radius 1 is 1.23 bits per heavy atom. The summed E-state index contributed by atoms with van der Waals surface area (Å²) in [5.74, 6) is 0. The van der Waals surface area contributed by atoms with E-state index in [0.29, 0.717) is 0 Å². The quantitative estimate of drug-likeness (QED) is 0.607. The molecule has 1 heterocycles. The Morgan fingerprint density at radius 3 is 2.23 bits per heavy atom. The molecule has 0 aromatic carbocycles. The maximum Gasteiger partial charge on any atom is 0.114 e. The summed E-state index contributed by atoms with van der Waals surface area (Å²) in [6.07, 6.45) is -2.61. The highest BCUT2D eigenvalue weighted by atomic mass is 16.6. The number of aliphatic hydroxyl groups excluding tert-OH is 2. The number of hydrogen-bond donors (Lipinski definition) is 2. The van der Waals surface area contributed by atoms with Gasteiger partial charge in [0.2, 0.25) is 0 Å². The summed E-state index contributed by atoms with van der Waals surface area (Å²) < 4.78 is 10.6. The van der Waals surface area contributed by atoms with E-state index in [1.807, 2.05) is 13.8 Å². The smallest absolute Gasteiger partial charge is 0.114 e. The first-order valence-corrected chi connectivity index (χ1v) is 4.47. The third-order valence-corrected chi connectivity index (χ3v) is 2.57. The Kier molecular flexibility index (Phi) is 2.97. The van der Waals surface area contributed by atoms with Gasteiger partial charge in [-0.15, -0.1) is 0 Å². The molecule has 0 radical (unpaired) electrons. The number of hydrogen-bond acceptors (Lipinski definition) is 4. The second-order valence-electron chi connectivity index (χ2n) is 4.06. The van der Waals surface area contributed by atoms with E-state index in [9.17, 15) is 10.2 Å². The summed E-state index contributed by atoms with van der Waals surface area (Å²) in [6.45, 7) is 5.42. The Balaban J connectivity index is 2.82. The lowest BCUT2D eigenvalue weighted by Crippen LogP contribution is -2.61. The van der Waals surface area contributed by atoms with Crippen molar-refractivity contribution in [2.75, 3.05) is 7.11 Å². The van der Waals surface area contributed by atoms with Crippen LogP contribution in [0.1, 0.15) is 20.8 Å². The molecule has 2 unspecified atom stereocenters. The van der Waals surface area contributed by atoms with Gasteiger partial charge in [-0.05, 0) is 20.8 Å². The molecular formula is C9H18O4. The van der Waals surface area contributed by atoms with Gasteiger partial charge < -0.3 is 19.7 Å². The average molecular weight is 190 g/mol. The summed E-state index contributed by atoms with van der Waals surface area (Å²) in [4.78, 5) is 0. The summed E-state index contributed by atoms with van der Waals surface area (Å²) in [5.41, 5.74) is -0.563. The van der Waals surface area contributed by atoms with E-state index in [-0.39, 0.29) is 6.10 Å². The number of ether oxygens (including phenoxy) is 2. The fourth-order valence-corrected chi connectivity index (χ4v) is 1.91. The van der Waals surface area contributed by atoms with Gasteiger partial charge in [0.15, 0.2) is 0 Å². The molecule has 0 aromatic rings. The van der Waals surface area contributed by atoms with Gasteiger partial charge in [0.05, 0.1) is 11.7 Å².